The Balaban J connectivity index is 0.000000378. The summed E-state index contributed by atoms with van der Waals surface area (Å²) in [7, 11) is -14.4. The Labute approximate surface area is 288 Å². The summed E-state index contributed by atoms with van der Waals surface area (Å²) in [5.74, 6) is -2.54. The second kappa shape index (κ2) is 17.4. The van der Waals surface area contributed by atoms with Gasteiger partial charge in [-0.3, -0.25) is 13.8 Å². The predicted molar refractivity (Wildman–Crippen MR) is 159 cm³/mol. The number of halogens is 3. The molecule has 296 valence electrons. The molecule has 50 heavy (non-hydrogen) atoms. The fraction of sp³-hybridized carbons (Fsp3) is 0.920. The number of aliphatic hydroxyl groups is 1. The average Bonchev–Trinajstić information content (AvgIpc) is 3.57. The van der Waals surface area contributed by atoms with Crippen molar-refractivity contribution in [2.24, 2.45) is 0 Å². The van der Waals surface area contributed by atoms with E-state index in [9.17, 15) is 53.1 Å². The minimum Gasteiger partial charge on any atom is -0.463 e. The van der Waals surface area contributed by atoms with Crippen molar-refractivity contribution in [1.29, 1.82) is 0 Å². The number of carbonyl (C=O) groups is 2. The van der Waals surface area contributed by atoms with Crippen LogP contribution in [-0.2, 0) is 85.7 Å². The molecule has 0 radical (unpaired) electrons. The first-order valence-electron chi connectivity index (χ1n) is 14.5. The van der Waals surface area contributed by atoms with Gasteiger partial charge in [-0.2, -0.15) is 38.4 Å². The van der Waals surface area contributed by atoms with Crippen molar-refractivity contribution in [2.75, 3.05) is 25.7 Å². The first-order valence-corrected chi connectivity index (χ1v) is 19.5. The summed E-state index contributed by atoms with van der Waals surface area (Å²) in [5.41, 5.74) is -5.73. The Hall–Kier alpha value is -1.78. The molecule has 4 heterocycles. The Kier molecular flexibility index (Phi) is 16.1. The maximum Gasteiger partial charge on any atom is 0.524 e. The van der Waals surface area contributed by atoms with Crippen LogP contribution in [0.4, 0.5) is 13.2 Å². The van der Waals surface area contributed by atoms with Gasteiger partial charge in [-0.1, -0.05) is 13.8 Å². The predicted octanol–water partition coefficient (Wildman–Crippen LogP) is 0.396. The number of aliphatic hydroxyl groups excluding tert-OH is 1. The van der Waals surface area contributed by atoms with Gasteiger partial charge in [0.25, 0.3) is 20.2 Å². The first kappa shape index (κ1) is 46.2. The van der Waals surface area contributed by atoms with Crippen molar-refractivity contribution in [2.45, 2.75) is 122 Å². The van der Waals surface area contributed by atoms with E-state index in [2.05, 4.69) is 3.63 Å². The lowest BCUT2D eigenvalue weighted by atomic mass is 10.1. The van der Waals surface area contributed by atoms with Crippen LogP contribution in [0.15, 0.2) is 0 Å². The van der Waals surface area contributed by atoms with Gasteiger partial charge in [-0.05, 0) is 27.7 Å². The average molecular weight is 801 g/mol. The highest BCUT2D eigenvalue weighted by molar-refractivity contribution is 7.99. The molecule has 0 saturated carbocycles. The maximum atomic E-state index is 11.4. The smallest absolute Gasteiger partial charge is 0.463 e. The third kappa shape index (κ3) is 14.7. The third-order valence-electron chi connectivity index (χ3n) is 5.89. The van der Waals surface area contributed by atoms with Gasteiger partial charge in [0, 0.05) is 13.8 Å². The second-order valence-corrected chi connectivity index (χ2v) is 16.2. The first-order chi connectivity index (χ1) is 22.4. The number of hydrogen-bond acceptors (Lipinski definition) is 19. The molecule has 25 heteroatoms. The highest BCUT2D eigenvalue weighted by Crippen LogP contribution is 2.39. The van der Waals surface area contributed by atoms with Crippen molar-refractivity contribution < 1.29 is 98.8 Å². The Morgan fingerprint density at radius 2 is 1.12 bits per heavy atom. The van der Waals surface area contributed by atoms with Crippen molar-refractivity contribution in [3.05, 3.63) is 0 Å². The molecule has 0 bridgehead atoms. The zero-order chi connectivity index (χ0) is 39.3. The van der Waals surface area contributed by atoms with Gasteiger partial charge in [-0.15, -0.1) is 3.63 Å². The van der Waals surface area contributed by atoms with Gasteiger partial charge in [-0.25, -0.2) is 0 Å². The van der Waals surface area contributed by atoms with Crippen molar-refractivity contribution in [3.8, 4) is 0 Å². The fourth-order valence-corrected chi connectivity index (χ4v) is 6.54. The summed E-state index contributed by atoms with van der Waals surface area (Å²) in [6, 6.07) is 0. The van der Waals surface area contributed by atoms with Crippen LogP contribution in [0.25, 0.3) is 0 Å². The van der Waals surface area contributed by atoms with E-state index in [1.54, 1.807) is 27.7 Å². The number of carbonyl (C=O) groups excluding carboxylic acids is 2. The molecule has 4 fully saturated rings. The van der Waals surface area contributed by atoms with Crippen LogP contribution in [0.3, 0.4) is 0 Å². The molecule has 4 aliphatic heterocycles. The highest BCUT2D eigenvalue weighted by atomic mass is 32.3. The van der Waals surface area contributed by atoms with E-state index >= 15 is 0 Å². The zero-order valence-electron chi connectivity index (χ0n) is 28.7. The van der Waals surface area contributed by atoms with Crippen molar-refractivity contribution in [3.63, 3.8) is 0 Å². The van der Waals surface area contributed by atoms with Crippen LogP contribution < -0.4 is 0 Å². The van der Waals surface area contributed by atoms with Crippen LogP contribution in [0.5, 0.6) is 0 Å². The van der Waals surface area contributed by atoms with E-state index in [0.29, 0.717) is 0 Å². The lowest BCUT2D eigenvalue weighted by molar-refractivity contribution is -0.220. The molecule has 4 saturated heterocycles. The molecule has 4 rings (SSSR count). The maximum absolute atomic E-state index is 11.4. The summed E-state index contributed by atoms with van der Waals surface area (Å²) in [4.78, 5) is 21.5. The molecule has 0 aliphatic carbocycles. The van der Waals surface area contributed by atoms with E-state index in [1.165, 1.54) is 13.8 Å². The van der Waals surface area contributed by atoms with Crippen LogP contribution >= 0.6 is 0 Å². The Morgan fingerprint density at radius 1 is 0.720 bits per heavy atom. The normalized spacial score (nSPS) is 31.0. The van der Waals surface area contributed by atoms with Gasteiger partial charge in [0.2, 0.25) is 0 Å². The number of rotatable bonds is 8. The van der Waals surface area contributed by atoms with Gasteiger partial charge >= 0.3 is 27.6 Å². The summed E-state index contributed by atoms with van der Waals surface area (Å²) < 4.78 is 147. The molecule has 0 aromatic rings. The number of fused-ring (bicyclic) bond motifs is 2. The molecular weight excluding hydrogens is 757 g/mol. The van der Waals surface area contributed by atoms with Gasteiger partial charge in [0.05, 0.1) is 12.5 Å². The molecule has 4 aliphatic rings. The lowest BCUT2D eigenvalue weighted by Gasteiger charge is -2.24. The molecule has 0 aromatic carbocycles. The van der Waals surface area contributed by atoms with Gasteiger partial charge in [0.15, 0.2) is 24.2 Å². The van der Waals surface area contributed by atoms with E-state index in [-0.39, 0.29) is 19.5 Å². The number of hydrogen-bond donors (Lipinski definition) is 1. The van der Waals surface area contributed by atoms with E-state index in [0.717, 1.165) is 6.26 Å². The molecule has 0 spiro atoms. The SMILES string of the molecule is CC.CC(=O)OCC1OC2OC(C)(C)OC2[C@@H]1O.CC(=O)OC[C@H]1OC2OC(C)(C)O[C@@H]2[C@@H]1OS(C)(=O)=O.CS(=O)(=O)OS(=O)(=O)C(F)(F)F. The fourth-order valence-electron chi connectivity index (χ4n) is 4.30. The van der Waals surface area contributed by atoms with Crippen molar-refractivity contribution in [1.82, 2.24) is 0 Å². The van der Waals surface area contributed by atoms with E-state index in [4.69, 9.17) is 42.1 Å². The minimum atomic E-state index is -6.04. The summed E-state index contributed by atoms with van der Waals surface area (Å²) in [6.45, 7) is 13.3. The largest absolute Gasteiger partial charge is 0.524 e. The van der Waals surface area contributed by atoms with E-state index < -0.39 is 109 Å². The van der Waals surface area contributed by atoms with Crippen LogP contribution in [0.1, 0.15) is 55.4 Å². The Morgan fingerprint density at radius 3 is 1.48 bits per heavy atom. The summed E-state index contributed by atoms with van der Waals surface area (Å²) in [5, 5.41) is 9.88. The van der Waals surface area contributed by atoms with Crippen LogP contribution in [0.2, 0.25) is 0 Å². The van der Waals surface area contributed by atoms with E-state index in [1.807, 2.05) is 13.8 Å². The summed E-state index contributed by atoms with van der Waals surface area (Å²) in [6.07, 6.45) is -4.55. The van der Waals surface area contributed by atoms with Crippen molar-refractivity contribution >= 4 is 42.3 Å². The molecule has 19 nitrogen and oxygen atoms in total. The topological polar surface area (TPSA) is 249 Å². The molecular formula is C25H43F3O19S3. The molecule has 0 amide bonds. The van der Waals surface area contributed by atoms with Gasteiger partial charge in [0.1, 0.15) is 49.8 Å². The zero-order valence-corrected chi connectivity index (χ0v) is 31.1. The number of ether oxygens (including phenoxy) is 8. The quantitative estimate of drug-likeness (QED) is 0.198. The third-order valence-corrected chi connectivity index (χ3v) is 8.73. The second-order valence-electron chi connectivity index (χ2n) is 11.3. The van der Waals surface area contributed by atoms with Crippen LogP contribution in [0, 0.1) is 0 Å². The minimum absolute atomic E-state index is 0.0106. The standard InChI is InChI=1S/C11H18O8S.C10H16O6.C2H3F3O5S2.C2H6/c1-6(12)15-5-7-8(19-20(4,13)14)9-10(16-7)18-11(2,3)17-9;1-5(11)13-4-6-7(12)8-9(14-6)16-10(2,3)15-8;1-11(6,7)10-12(8,9)2(3,4)5;1-2/h7-10H,5H2,1-4H3;6-9,12H,4H2,1-3H3;1H3;1-2H3/t7-,8-,9-,10?;6?,7-,8?,9?;;/m11../s1. The summed E-state index contributed by atoms with van der Waals surface area (Å²) >= 11 is 0. The molecule has 1 N–H and O–H groups in total. The lowest BCUT2D eigenvalue weighted by Crippen LogP contribution is -2.40. The molecule has 8 atom stereocenters. The highest BCUT2D eigenvalue weighted by Gasteiger charge is 2.57. The monoisotopic (exact) mass is 800 g/mol. The van der Waals surface area contributed by atoms with Gasteiger partial charge < -0.3 is 43.0 Å². The van der Waals surface area contributed by atoms with Crippen LogP contribution in [-0.4, -0.2) is 134 Å². The Bertz CT molecular complexity index is 1480. The number of alkyl halides is 3. The molecule has 4 unspecified atom stereocenters. The number of esters is 2. The molecule has 0 aromatic heterocycles.